The van der Waals surface area contributed by atoms with Gasteiger partial charge in [-0.2, -0.15) is 5.10 Å². The largest absolute Gasteiger partial charge is 0.369 e. The fraction of sp³-hybridized carbons (Fsp3) is 0.296. The summed E-state index contributed by atoms with van der Waals surface area (Å²) in [5.41, 5.74) is 10.2. The number of primary amides is 1. The Morgan fingerprint density at radius 3 is 2.34 bits per heavy atom. The second-order valence-corrected chi connectivity index (χ2v) is 8.32. The van der Waals surface area contributed by atoms with Crippen LogP contribution in [0.2, 0.25) is 0 Å². The minimum atomic E-state index is -0.805. The maximum atomic E-state index is 14.8. The summed E-state index contributed by atoms with van der Waals surface area (Å²) >= 11 is 0. The third-order valence-corrected chi connectivity index (χ3v) is 6.11. The highest BCUT2D eigenvalue weighted by atomic mass is 19.1. The van der Waals surface area contributed by atoms with Gasteiger partial charge in [-0.05, 0) is 38.6 Å². The normalized spacial score (nSPS) is 14.4. The quantitative estimate of drug-likeness (QED) is 0.403. The summed E-state index contributed by atoms with van der Waals surface area (Å²) in [5, 5.41) is 7.57. The van der Waals surface area contributed by atoms with Crippen LogP contribution in [0, 0.1) is 5.82 Å². The van der Waals surface area contributed by atoms with Gasteiger partial charge in [-0.1, -0.05) is 31.2 Å². The molecule has 0 unspecified atom stereocenters. The number of aryl methyl sites for hydroxylation is 1. The molecule has 184 valence electrons. The third-order valence-electron chi connectivity index (χ3n) is 6.11. The number of benzene rings is 2. The predicted octanol–water partition coefficient (Wildman–Crippen LogP) is 4.57. The van der Waals surface area contributed by atoms with Gasteiger partial charge in [0.15, 0.2) is 0 Å². The molecular formula is C27H33FN6O. The van der Waals surface area contributed by atoms with Crippen LogP contribution < -0.4 is 10.6 Å². The Kier molecular flexibility index (Phi) is 8.54. The van der Waals surface area contributed by atoms with Gasteiger partial charge in [0.2, 0.25) is 0 Å². The van der Waals surface area contributed by atoms with Crippen molar-refractivity contribution in [3.8, 4) is 11.3 Å². The lowest BCUT2D eigenvalue weighted by Gasteiger charge is -2.34. The molecule has 0 aliphatic carbocycles. The number of hydrogen-bond acceptors (Lipinski definition) is 5. The van der Waals surface area contributed by atoms with E-state index in [9.17, 15) is 9.18 Å². The smallest absolute Gasteiger partial charge is 0.251 e. The maximum absolute atomic E-state index is 14.8. The van der Waals surface area contributed by atoms with Crippen molar-refractivity contribution in [3.63, 3.8) is 0 Å². The number of rotatable bonds is 6. The number of aliphatic imine (C=N–C) groups is 1. The molecule has 0 radical (unpaired) electrons. The van der Waals surface area contributed by atoms with Gasteiger partial charge < -0.3 is 15.5 Å². The minimum absolute atomic E-state index is 0.148. The van der Waals surface area contributed by atoms with Crippen LogP contribution >= 0.6 is 0 Å². The van der Waals surface area contributed by atoms with E-state index < -0.39 is 11.7 Å². The molecule has 1 aliphatic heterocycles. The summed E-state index contributed by atoms with van der Waals surface area (Å²) in [5.74, 6) is -1.47. The average Bonchev–Trinajstić information content (AvgIpc) is 3.28. The zero-order chi connectivity index (χ0) is 25.5. The number of nitrogens with one attached hydrogen (secondary N) is 1. The molecule has 35 heavy (non-hydrogen) atoms. The van der Waals surface area contributed by atoms with E-state index in [1.54, 1.807) is 19.1 Å². The van der Waals surface area contributed by atoms with Crippen molar-refractivity contribution in [2.45, 2.75) is 20.3 Å². The Labute approximate surface area is 206 Å². The van der Waals surface area contributed by atoms with Gasteiger partial charge in [0, 0.05) is 48.7 Å². The number of carbonyl (C=O) groups excluding carboxylic acids is 1. The van der Waals surface area contributed by atoms with Gasteiger partial charge >= 0.3 is 0 Å². The summed E-state index contributed by atoms with van der Waals surface area (Å²) in [6.07, 6.45) is 0.697. The van der Waals surface area contributed by atoms with E-state index in [2.05, 4.69) is 52.3 Å². The topological polar surface area (TPSA) is 90.6 Å². The van der Waals surface area contributed by atoms with Crippen molar-refractivity contribution in [1.82, 2.24) is 15.1 Å². The number of carbonyl (C=O) groups is 1. The number of nitrogens with zero attached hydrogens (tertiary/aromatic N) is 4. The molecule has 1 saturated heterocycles. The number of piperazine rings is 1. The van der Waals surface area contributed by atoms with Crippen LogP contribution in [0.25, 0.3) is 11.3 Å². The molecule has 2 aromatic carbocycles. The fourth-order valence-corrected chi connectivity index (χ4v) is 4.06. The number of H-pyrrole nitrogens is 1. The first-order valence-electron chi connectivity index (χ1n) is 11.6. The minimum Gasteiger partial charge on any atom is -0.369 e. The number of nitrogens with two attached hydrogens (primary N) is 1. The van der Waals surface area contributed by atoms with Gasteiger partial charge in [-0.15, -0.1) is 13.2 Å². The Balaban J connectivity index is 0.00000167. The van der Waals surface area contributed by atoms with E-state index in [-0.39, 0.29) is 11.1 Å². The maximum Gasteiger partial charge on any atom is 0.251 e. The number of hydrogen-bond donors (Lipinski definition) is 2. The van der Waals surface area contributed by atoms with Crippen molar-refractivity contribution in [2.75, 3.05) is 38.1 Å². The number of halogens is 1. The van der Waals surface area contributed by atoms with E-state index in [1.165, 1.54) is 11.8 Å². The molecule has 0 atom stereocenters. The summed E-state index contributed by atoms with van der Waals surface area (Å²) in [7, 11) is 2.14. The second-order valence-electron chi connectivity index (χ2n) is 8.32. The average molecular weight is 477 g/mol. The highest BCUT2D eigenvalue weighted by Gasteiger charge is 2.19. The van der Waals surface area contributed by atoms with Gasteiger partial charge in [0.25, 0.3) is 5.91 Å². The molecule has 8 heteroatoms. The molecule has 1 fully saturated rings. The molecular weight excluding hydrogens is 443 g/mol. The lowest BCUT2D eigenvalue weighted by molar-refractivity contribution is 0.0996. The molecule has 4 rings (SSSR count). The number of amides is 1. The Hall–Kier alpha value is -3.78. The van der Waals surface area contributed by atoms with Crippen LogP contribution in [-0.2, 0) is 6.42 Å². The van der Waals surface area contributed by atoms with Crippen molar-refractivity contribution < 1.29 is 9.18 Å². The molecule has 2 heterocycles. The second kappa shape index (κ2) is 11.6. The van der Waals surface area contributed by atoms with Crippen LogP contribution in [0.4, 0.5) is 15.8 Å². The first-order chi connectivity index (χ1) is 16.9. The number of anilines is 1. The number of likely N-dealkylation sites (N-methyl/N-ethyl adjacent to an activating group) is 1. The molecule has 1 aromatic heterocycles. The standard InChI is InChI=1S/C25H29FN6O.C2H4/c1-4-21-24(28-16(2)19-6-5-7-20(22(19)26)25(27)33)23(30-29-21)17-8-10-18(11-9-17)32-14-12-31(3)13-15-32;1-2/h5-11H,4,12-15H2,1-3H3,(H2,27,33)(H,29,30);1-2H2. The van der Waals surface area contributed by atoms with E-state index in [0.717, 1.165) is 37.4 Å². The van der Waals surface area contributed by atoms with Crippen molar-refractivity contribution in [1.29, 1.82) is 0 Å². The monoisotopic (exact) mass is 476 g/mol. The molecule has 1 amide bonds. The molecule has 3 N–H and O–H groups in total. The van der Waals surface area contributed by atoms with Gasteiger partial charge in [0.1, 0.15) is 17.2 Å². The van der Waals surface area contributed by atoms with Crippen molar-refractivity contribution in [2.24, 2.45) is 10.7 Å². The van der Waals surface area contributed by atoms with Crippen LogP contribution in [0.1, 0.15) is 35.5 Å². The van der Waals surface area contributed by atoms with Gasteiger partial charge in [-0.25, -0.2) is 9.38 Å². The van der Waals surface area contributed by atoms with E-state index in [4.69, 9.17) is 10.7 Å². The molecule has 0 spiro atoms. The molecule has 7 nitrogen and oxygen atoms in total. The predicted molar refractivity (Wildman–Crippen MR) is 141 cm³/mol. The molecule has 3 aromatic rings. The van der Waals surface area contributed by atoms with Crippen LogP contribution in [0.15, 0.2) is 60.6 Å². The molecule has 1 aliphatic rings. The van der Waals surface area contributed by atoms with Crippen molar-refractivity contribution >= 4 is 23.0 Å². The van der Waals surface area contributed by atoms with Crippen molar-refractivity contribution in [3.05, 3.63) is 78.3 Å². The summed E-state index contributed by atoms with van der Waals surface area (Å²) in [6.45, 7) is 13.8. The Morgan fingerprint density at radius 1 is 1.11 bits per heavy atom. The Bertz CT molecular complexity index is 1190. The Morgan fingerprint density at radius 2 is 1.74 bits per heavy atom. The summed E-state index contributed by atoms with van der Waals surface area (Å²) < 4.78 is 14.8. The summed E-state index contributed by atoms with van der Waals surface area (Å²) in [6, 6.07) is 12.9. The first kappa shape index (κ1) is 25.8. The molecule has 0 bridgehead atoms. The highest BCUT2D eigenvalue weighted by Crippen LogP contribution is 2.34. The number of aromatic nitrogens is 2. The summed E-state index contributed by atoms with van der Waals surface area (Å²) in [4.78, 5) is 21.0. The lowest BCUT2D eigenvalue weighted by Crippen LogP contribution is -2.44. The first-order valence-corrected chi connectivity index (χ1v) is 11.6. The molecule has 0 saturated carbocycles. The van der Waals surface area contributed by atoms with E-state index in [1.807, 2.05) is 19.1 Å². The number of aromatic amines is 1. The van der Waals surface area contributed by atoms with E-state index >= 15 is 0 Å². The SMILES string of the molecule is C=C.CCc1[nH]nc(-c2ccc(N3CCN(C)CC3)cc2)c1N=C(C)c1cccc(C(N)=O)c1F. The third kappa shape index (κ3) is 5.66. The van der Waals surface area contributed by atoms with Gasteiger partial charge in [-0.3, -0.25) is 9.89 Å². The van der Waals surface area contributed by atoms with E-state index in [0.29, 0.717) is 23.5 Å². The van der Waals surface area contributed by atoms with Crippen LogP contribution in [-0.4, -0.2) is 59.9 Å². The zero-order valence-corrected chi connectivity index (χ0v) is 20.6. The zero-order valence-electron chi connectivity index (χ0n) is 20.6. The van der Waals surface area contributed by atoms with Crippen LogP contribution in [0.5, 0.6) is 0 Å². The highest BCUT2D eigenvalue weighted by molar-refractivity contribution is 6.04. The fourth-order valence-electron chi connectivity index (χ4n) is 4.06. The lowest BCUT2D eigenvalue weighted by atomic mass is 10.0. The van der Waals surface area contributed by atoms with Gasteiger partial charge in [0.05, 0.1) is 11.3 Å². The van der Waals surface area contributed by atoms with Crippen LogP contribution in [0.3, 0.4) is 0 Å².